The Morgan fingerprint density at radius 1 is 1.29 bits per heavy atom. The molecule has 2 rings (SSSR count). The Labute approximate surface area is 130 Å². The normalized spacial score (nSPS) is 23.7. The topological polar surface area (TPSA) is 28.2 Å². The Bertz CT molecular complexity index is 413. The maximum atomic E-state index is 4.63. The summed E-state index contributed by atoms with van der Waals surface area (Å²) in [5.41, 5.74) is 2.48. The molecule has 0 amide bonds. The maximum absolute atomic E-state index is 4.63. The first-order chi connectivity index (χ1) is 10.0. The molecule has 0 saturated carbocycles. The average Bonchev–Trinajstić information content (AvgIpc) is 2.44. The molecule has 118 valence electrons. The van der Waals surface area contributed by atoms with E-state index in [4.69, 9.17) is 0 Å². The number of pyridine rings is 1. The molecule has 21 heavy (non-hydrogen) atoms. The van der Waals surface area contributed by atoms with Gasteiger partial charge in [-0.05, 0) is 48.9 Å². The lowest BCUT2D eigenvalue weighted by atomic mass is 9.88. The van der Waals surface area contributed by atoms with E-state index in [1.807, 2.05) is 6.20 Å². The van der Waals surface area contributed by atoms with Gasteiger partial charge in [-0.15, -0.1) is 0 Å². The molecule has 2 unspecified atom stereocenters. The molecule has 1 N–H and O–H groups in total. The van der Waals surface area contributed by atoms with Crippen LogP contribution in [0.5, 0.6) is 0 Å². The van der Waals surface area contributed by atoms with Gasteiger partial charge in [0, 0.05) is 25.8 Å². The van der Waals surface area contributed by atoms with Crippen LogP contribution in [0.2, 0.25) is 0 Å². The van der Waals surface area contributed by atoms with Crippen LogP contribution in [0.25, 0.3) is 0 Å². The summed E-state index contributed by atoms with van der Waals surface area (Å²) in [6.07, 6.45) is 3.34. The van der Waals surface area contributed by atoms with Gasteiger partial charge in [0.25, 0.3) is 0 Å². The van der Waals surface area contributed by atoms with E-state index in [0.717, 1.165) is 31.5 Å². The van der Waals surface area contributed by atoms with Gasteiger partial charge in [-0.25, -0.2) is 0 Å². The lowest BCUT2D eigenvalue weighted by molar-refractivity contribution is 0.131. The van der Waals surface area contributed by atoms with E-state index in [0.29, 0.717) is 5.92 Å². The quantitative estimate of drug-likeness (QED) is 0.871. The van der Waals surface area contributed by atoms with E-state index in [1.54, 1.807) is 0 Å². The second-order valence-electron chi connectivity index (χ2n) is 7.16. The number of nitrogens with zero attached hydrogens (tertiary/aromatic N) is 2. The van der Waals surface area contributed by atoms with Gasteiger partial charge in [0.2, 0.25) is 0 Å². The molecule has 1 saturated heterocycles. The minimum absolute atomic E-state index is 0.695. The Balaban J connectivity index is 1.79. The number of likely N-dealkylation sites (tertiary alicyclic amines) is 1. The summed E-state index contributed by atoms with van der Waals surface area (Å²) in [4.78, 5) is 7.18. The van der Waals surface area contributed by atoms with Crippen molar-refractivity contribution in [1.82, 2.24) is 15.2 Å². The lowest BCUT2D eigenvalue weighted by Crippen LogP contribution is -2.38. The van der Waals surface area contributed by atoms with Crippen LogP contribution in [0.1, 0.15) is 45.4 Å². The molecular formula is C18H31N3. The van der Waals surface area contributed by atoms with Gasteiger partial charge >= 0.3 is 0 Å². The molecule has 0 aromatic carbocycles. The second-order valence-corrected chi connectivity index (χ2v) is 7.16. The third kappa shape index (κ3) is 5.40. The molecule has 1 aromatic heterocycles. The first-order valence-corrected chi connectivity index (χ1v) is 8.41. The Morgan fingerprint density at radius 2 is 2.10 bits per heavy atom. The minimum Gasteiger partial charge on any atom is -0.312 e. The molecule has 2 heterocycles. The van der Waals surface area contributed by atoms with E-state index in [1.165, 1.54) is 30.8 Å². The standard InChI is InChI=1S/C18H31N3/c1-14(2)9-19-10-17-5-6-18(20-11-17)13-21-8-7-15(3)16(4)12-21/h5-6,11,14-16,19H,7-10,12-13H2,1-4H3. The third-order valence-corrected chi connectivity index (χ3v) is 4.57. The second kappa shape index (κ2) is 7.90. The first-order valence-electron chi connectivity index (χ1n) is 8.41. The van der Waals surface area contributed by atoms with Crippen LogP contribution in [0, 0.1) is 17.8 Å². The average molecular weight is 289 g/mol. The van der Waals surface area contributed by atoms with Crippen molar-refractivity contribution in [3.63, 3.8) is 0 Å². The van der Waals surface area contributed by atoms with Crippen molar-refractivity contribution in [2.75, 3.05) is 19.6 Å². The van der Waals surface area contributed by atoms with Crippen molar-refractivity contribution in [1.29, 1.82) is 0 Å². The highest BCUT2D eigenvalue weighted by molar-refractivity contribution is 5.14. The fraction of sp³-hybridized carbons (Fsp3) is 0.722. The monoisotopic (exact) mass is 289 g/mol. The third-order valence-electron chi connectivity index (χ3n) is 4.57. The molecule has 1 fully saturated rings. The van der Waals surface area contributed by atoms with E-state index >= 15 is 0 Å². The van der Waals surface area contributed by atoms with Gasteiger partial charge in [-0.3, -0.25) is 9.88 Å². The Kier molecular flexibility index (Phi) is 6.19. The van der Waals surface area contributed by atoms with Crippen molar-refractivity contribution < 1.29 is 0 Å². The summed E-state index contributed by atoms with van der Waals surface area (Å²) in [6, 6.07) is 4.40. The van der Waals surface area contributed by atoms with Crippen molar-refractivity contribution >= 4 is 0 Å². The van der Waals surface area contributed by atoms with Crippen LogP contribution in [-0.4, -0.2) is 29.5 Å². The molecule has 1 aliphatic heterocycles. The van der Waals surface area contributed by atoms with Crippen LogP contribution < -0.4 is 5.32 Å². The van der Waals surface area contributed by atoms with Crippen LogP contribution in [-0.2, 0) is 13.1 Å². The number of hydrogen-bond donors (Lipinski definition) is 1. The van der Waals surface area contributed by atoms with Crippen molar-refractivity contribution in [3.05, 3.63) is 29.6 Å². The maximum Gasteiger partial charge on any atom is 0.0544 e. The van der Waals surface area contributed by atoms with Crippen LogP contribution >= 0.6 is 0 Å². The fourth-order valence-electron chi connectivity index (χ4n) is 2.88. The number of rotatable bonds is 6. The molecule has 0 bridgehead atoms. The Morgan fingerprint density at radius 3 is 2.71 bits per heavy atom. The highest BCUT2D eigenvalue weighted by atomic mass is 15.1. The number of piperidine rings is 1. The molecule has 1 aromatic rings. The first kappa shape index (κ1) is 16.4. The summed E-state index contributed by atoms with van der Waals surface area (Å²) >= 11 is 0. The molecule has 1 aliphatic rings. The van der Waals surface area contributed by atoms with Gasteiger partial charge in [0.15, 0.2) is 0 Å². The molecule has 0 spiro atoms. The van der Waals surface area contributed by atoms with Crippen LogP contribution in [0.15, 0.2) is 18.3 Å². The molecule has 2 atom stereocenters. The molecular weight excluding hydrogens is 258 g/mol. The van der Waals surface area contributed by atoms with E-state index in [9.17, 15) is 0 Å². The summed E-state index contributed by atoms with van der Waals surface area (Å²) in [6.45, 7) is 14.6. The van der Waals surface area contributed by atoms with E-state index in [-0.39, 0.29) is 0 Å². The molecule has 3 nitrogen and oxygen atoms in total. The smallest absolute Gasteiger partial charge is 0.0544 e. The summed E-state index contributed by atoms with van der Waals surface area (Å²) in [7, 11) is 0. The fourth-order valence-corrected chi connectivity index (χ4v) is 2.88. The van der Waals surface area contributed by atoms with Gasteiger partial charge in [-0.1, -0.05) is 33.8 Å². The highest BCUT2D eigenvalue weighted by Gasteiger charge is 2.22. The van der Waals surface area contributed by atoms with Gasteiger partial charge in [0.05, 0.1) is 5.69 Å². The van der Waals surface area contributed by atoms with Gasteiger partial charge in [0.1, 0.15) is 0 Å². The van der Waals surface area contributed by atoms with Gasteiger partial charge in [-0.2, -0.15) is 0 Å². The van der Waals surface area contributed by atoms with Crippen molar-refractivity contribution in [3.8, 4) is 0 Å². The summed E-state index contributed by atoms with van der Waals surface area (Å²) in [5.74, 6) is 2.36. The SMILES string of the molecule is CC(C)CNCc1ccc(CN2CCC(C)C(C)C2)nc1. The van der Waals surface area contributed by atoms with Crippen LogP contribution in [0.3, 0.4) is 0 Å². The van der Waals surface area contributed by atoms with Crippen LogP contribution in [0.4, 0.5) is 0 Å². The number of aromatic nitrogens is 1. The largest absolute Gasteiger partial charge is 0.312 e. The zero-order chi connectivity index (χ0) is 15.2. The highest BCUT2D eigenvalue weighted by Crippen LogP contribution is 2.23. The number of hydrogen-bond acceptors (Lipinski definition) is 3. The summed E-state index contributed by atoms with van der Waals surface area (Å²) in [5, 5.41) is 3.46. The molecule has 3 heteroatoms. The zero-order valence-electron chi connectivity index (χ0n) is 14.1. The van der Waals surface area contributed by atoms with Crippen molar-refractivity contribution in [2.24, 2.45) is 17.8 Å². The van der Waals surface area contributed by atoms with E-state index < -0.39 is 0 Å². The Hall–Kier alpha value is -0.930. The summed E-state index contributed by atoms with van der Waals surface area (Å²) < 4.78 is 0. The lowest BCUT2D eigenvalue weighted by Gasteiger charge is -2.35. The predicted molar refractivity (Wildman–Crippen MR) is 89.0 cm³/mol. The zero-order valence-corrected chi connectivity index (χ0v) is 14.1. The van der Waals surface area contributed by atoms with Gasteiger partial charge < -0.3 is 5.32 Å². The molecule has 0 radical (unpaired) electrons. The van der Waals surface area contributed by atoms with Crippen molar-refractivity contribution in [2.45, 2.75) is 47.2 Å². The molecule has 0 aliphatic carbocycles. The predicted octanol–water partition coefficient (Wildman–Crippen LogP) is 3.31. The number of nitrogens with one attached hydrogen (secondary N) is 1. The minimum atomic E-state index is 0.695. The van der Waals surface area contributed by atoms with E-state index in [2.05, 4.69) is 55.0 Å².